The van der Waals surface area contributed by atoms with E-state index in [0.717, 1.165) is 0 Å². The summed E-state index contributed by atoms with van der Waals surface area (Å²) in [6, 6.07) is 6.29. The summed E-state index contributed by atoms with van der Waals surface area (Å²) in [5, 5.41) is 16.7. The molecule has 0 bridgehead atoms. The van der Waals surface area contributed by atoms with Crippen molar-refractivity contribution in [2.75, 3.05) is 6.26 Å². The van der Waals surface area contributed by atoms with Crippen LogP contribution in [-0.2, 0) is 28.5 Å². The van der Waals surface area contributed by atoms with Gasteiger partial charge in [0.15, 0.2) is 5.82 Å². The molecule has 0 N–H and O–H groups in total. The Labute approximate surface area is 127 Å². The minimum Gasteiger partial charge on any atom is -0.707 e. The van der Waals surface area contributed by atoms with Gasteiger partial charge in [0.05, 0.1) is 32.7 Å². The summed E-state index contributed by atoms with van der Waals surface area (Å²) >= 11 is 0. The van der Waals surface area contributed by atoms with E-state index in [9.17, 15) is 12.8 Å². The Hall–Kier alpha value is -2.17. The van der Waals surface area contributed by atoms with E-state index in [1.807, 2.05) is 35.6 Å². The number of imidazole rings is 1. The van der Waals surface area contributed by atoms with Crippen molar-refractivity contribution in [1.29, 1.82) is 0 Å². The van der Waals surface area contributed by atoms with Crippen LogP contribution in [0.5, 0.6) is 0 Å². The molecular weight excluding hydrogens is 315 g/mol. The first-order chi connectivity index (χ1) is 10.2. The van der Waals surface area contributed by atoms with Crippen LogP contribution < -0.4 is 9.82 Å². The van der Waals surface area contributed by atoms with Gasteiger partial charge in [-0.15, -0.1) is 0 Å². The highest BCUT2D eigenvalue weighted by Gasteiger charge is 2.10. The molecule has 0 saturated carbocycles. The lowest BCUT2D eigenvalue weighted by atomic mass is 10.3. The fraction of sp³-hybridized carbons (Fsp3) is 0.250. The minimum absolute atomic E-state index is 0.240. The third kappa shape index (κ3) is 5.68. The summed E-state index contributed by atoms with van der Waals surface area (Å²) < 4.78 is 38.5. The summed E-state index contributed by atoms with van der Waals surface area (Å²) in [6.45, 7) is 0. The van der Waals surface area contributed by atoms with E-state index in [1.54, 1.807) is 18.2 Å². The molecule has 2 rings (SSSR count). The molecule has 22 heavy (non-hydrogen) atoms. The average Bonchev–Trinajstić information content (AvgIpc) is 2.77. The van der Waals surface area contributed by atoms with Gasteiger partial charge in [-0.05, 0) is 12.1 Å². The van der Waals surface area contributed by atoms with Crippen LogP contribution in [0, 0.1) is 5.82 Å². The van der Waals surface area contributed by atoms with Crippen LogP contribution in [0.15, 0.2) is 46.9 Å². The van der Waals surface area contributed by atoms with Crippen molar-refractivity contribution >= 4 is 21.8 Å². The Bertz CT molecular complexity index is 739. The van der Waals surface area contributed by atoms with E-state index in [2.05, 4.69) is 14.6 Å². The molecule has 0 aliphatic heterocycles. The Morgan fingerprint density at radius 3 is 2.36 bits per heavy atom. The zero-order valence-electron chi connectivity index (χ0n) is 12.2. The maximum atomic E-state index is 13.3. The third-order valence-electron chi connectivity index (χ3n) is 2.37. The number of azo groups is 1. The van der Waals surface area contributed by atoms with Crippen LogP contribution in [-0.4, -0.2) is 19.2 Å². The molecule has 1 heterocycles. The second-order valence-corrected chi connectivity index (χ2v) is 5.79. The van der Waals surface area contributed by atoms with Crippen molar-refractivity contribution in [3.8, 4) is 0 Å². The Kier molecular flexibility index (Phi) is 6.28. The Morgan fingerprint density at radius 2 is 1.91 bits per heavy atom. The zero-order valence-corrected chi connectivity index (χ0v) is 13.0. The molecule has 0 atom stereocenters. The van der Waals surface area contributed by atoms with Crippen molar-refractivity contribution in [1.82, 2.24) is 4.57 Å². The van der Waals surface area contributed by atoms with Crippen LogP contribution >= 0.6 is 0 Å². The summed E-state index contributed by atoms with van der Waals surface area (Å²) in [7, 11) is -0.00389. The van der Waals surface area contributed by atoms with Gasteiger partial charge in [-0.2, -0.15) is 0 Å². The highest BCUT2D eigenvalue weighted by atomic mass is 32.2. The maximum Gasteiger partial charge on any atom is 0.421 e. The molecule has 0 fully saturated rings. The van der Waals surface area contributed by atoms with E-state index in [4.69, 9.17) is 5.26 Å². The first-order valence-electron chi connectivity index (χ1n) is 5.93. The van der Waals surface area contributed by atoms with Crippen molar-refractivity contribution in [3.05, 3.63) is 42.5 Å². The third-order valence-corrected chi connectivity index (χ3v) is 2.62. The van der Waals surface area contributed by atoms with E-state index in [1.165, 1.54) is 6.07 Å². The van der Waals surface area contributed by atoms with E-state index < -0.39 is 10.1 Å². The van der Waals surface area contributed by atoms with Gasteiger partial charge in [0, 0.05) is 5.11 Å². The molecule has 2 aromatic rings. The lowest BCUT2D eigenvalue weighted by Crippen LogP contribution is -2.25. The van der Waals surface area contributed by atoms with Crippen LogP contribution in [0.3, 0.4) is 0 Å². The van der Waals surface area contributed by atoms with Crippen molar-refractivity contribution in [2.45, 2.75) is 0 Å². The van der Waals surface area contributed by atoms with Crippen LogP contribution in [0.2, 0.25) is 0 Å². The average molecular weight is 330 g/mol. The molecule has 0 spiro atoms. The number of halogens is 1. The first kappa shape index (κ1) is 17.9. The van der Waals surface area contributed by atoms with Gasteiger partial charge in [0.2, 0.25) is 0 Å². The molecule has 8 nitrogen and oxygen atoms in total. The van der Waals surface area contributed by atoms with Gasteiger partial charge in [-0.25, -0.2) is 21.9 Å². The van der Waals surface area contributed by atoms with Gasteiger partial charge in [0.1, 0.15) is 5.69 Å². The fourth-order valence-corrected chi connectivity index (χ4v) is 1.35. The molecule has 0 radical (unpaired) electrons. The van der Waals surface area contributed by atoms with Crippen molar-refractivity contribution in [2.24, 2.45) is 24.3 Å². The standard InChI is InChI=1S/C11H12FN4.CH4O4S/c1-15-7-8-16(2)11(15)14-13-10-6-4-3-5-9(10)12;1-6(3,4)5-2/h3-8H,1-2H3;2H,1H3/q+1;/p-1. The summed E-state index contributed by atoms with van der Waals surface area (Å²) in [6.07, 6.45) is 4.39. The van der Waals surface area contributed by atoms with E-state index >= 15 is 0 Å². The molecule has 0 aliphatic carbocycles. The minimum atomic E-state index is -3.72. The Balaban J connectivity index is 0.000000346. The summed E-state index contributed by atoms with van der Waals surface area (Å²) in [5.41, 5.74) is 0.240. The number of aromatic nitrogens is 2. The SMILES string of the molecule is CS(=O)(=O)O[O-].Cn1cc[n+](C)c1N=Nc1ccccc1F. The van der Waals surface area contributed by atoms with Crippen molar-refractivity contribution in [3.63, 3.8) is 0 Å². The van der Waals surface area contributed by atoms with Gasteiger partial charge >= 0.3 is 5.95 Å². The van der Waals surface area contributed by atoms with Crippen LogP contribution in [0.1, 0.15) is 0 Å². The van der Waals surface area contributed by atoms with Crippen LogP contribution in [0.4, 0.5) is 16.0 Å². The first-order valence-corrected chi connectivity index (χ1v) is 7.75. The smallest absolute Gasteiger partial charge is 0.421 e. The lowest BCUT2D eigenvalue weighted by molar-refractivity contribution is -0.657. The maximum absolute atomic E-state index is 13.3. The number of rotatable bonds is 3. The predicted molar refractivity (Wildman–Crippen MR) is 73.1 cm³/mol. The molecule has 1 aromatic carbocycles. The number of aryl methyl sites for hydroxylation is 2. The Morgan fingerprint density at radius 1 is 1.32 bits per heavy atom. The number of benzene rings is 1. The highest BCUT2D eigenvalue weighted by Crippen LogP contribution is 2.18. The molecule has 1 aromatic heterocycles. The number of nitrogens with zero attached hydrogens (tertiary/aromatic N) is 4. The molecule has 0 saturated heterocycles. The van der Waals surface area contributed by atoms with Gasteiger partial charge in [0.25, 0.3) is 10.1 Å². The normalized spacial score (nSPS) is 11.3. The quantitative estimate of drug-likeness (QED) is 0.357. The summed E-state index contributed by atoms with van der Waals surface area (Å²) in [4.78, 5) is 0. The number of hydrogen-bond acceptors (Lipinski definition) is 6. The topological polar surface area (TPSA) is 100.0 Å². The fourth-order valence-electron chi connectivity index (χ4n) is 1.35. The van der Waals surface area contributed by atoms with Gasteiger partial charge in [-0.3, -0.25) is 0 Å². The zero-order chi connectivity index (χ0) is 16.8. The van der Waals surface area contributed by atoms with E-state index in [-0.39, 0.29) is 11.5 Å². The van der Waals surface area contributed by atoms with Gasteiger partial charge in [-0.1, -0.05) is 17.2 Å². The highest BCUT2D eigenvalue weighted by molar-refractivity contribution is 7.85. The molecule has 0 amide bonds. The monoisotopic (exact) mass is 330 g/mol. The molecule has 10 heteroatoms. The second-order valence-electron chi connectivity index (χ2n) is 4.24. The van der Waals surface area contributed by atoms with Gasteiger partial charge < -0.3 is 9.59 Å². The summed E-state index contributed by atoms with van der Waals surface area (Å²) in [5.74, 6) is 0.284. The molecule has 120 valence electrons. The lowest BCUT2D eigenvalue weighted by Gasteiger charge is -1.97. The predicted octanol–water partition coefficient (Wildman–Crippen LogP) is 0.642. The largest absolute Gasteiger partial charge is 0.707 e. The van der Waals surface area contributed by atoms with Crippen molar-refractivity contribution < 1.29 is 27.0 Å². The van der Waals surface area contributed by atoms with E-state index in [0.29, 0.717) is 12.2 Å². The number of hydrogen-bond donors (Lipinski definition) is 0. The molecular formula is C12H15FN4O4S. The molecule has 0 aliphatic rings. The second kappa shape index (κ2) is 7.73. The molecule has 0 unspecified atom stereocenters. The van der Waals surface area contributed by atoms with Crippen LogP contribution in [0.25, 0.3) is 0 Å².